The Morgan fingerprint density at radius 3 is 3.00 bits per heavy atom. The van der Waals surface area contributed by atoms with Gasteiger partial charge in [-0.1, -0.05) is 23.7 Å². The van der Waals surface area contributed by atoms with Crippen molar-refractivity contribution in [3.05, 3.63) is 65.1 Å². The van der Waals surface area contributed by atoms with Crippen molar-refractivity contribution in [1.82, 2.24) is 9.38 Å². The zero-order valence-corrected chi connectivity index (χ0v) is 12.7. The second kappa shape index (κ2) is 6.07. The molecule has 0 saturated carbocycles. The number of ether oxygens (including phenoxy) is 1. The average molecular weight is 316 g/mol. The number of halogens is 1. The Kier molecular flexibility index (Phi) is 3.98. The van der Waals surface area contributed by atoms with Crippen molar-refractivity contribution in [1.29, 1.82) is 0 Å². The van der Waals surface area contributed by atoms with Crippen molar-refractivity contribution in [2.45, 2.75) is 13.5 Å². The maximum atomic E-state index is 11.9. The van der Waals surface area contributed by atoms with E-state index in [1.165, 1.54) is 0 Å². The van der Waals surface area contributed by atoms with Gasteiger partial charge in [0, 0.05) is 16.9 Å². The summed E-state index contributed by atoms with van der Waals surface area (Å²) < 4.78 is 7.17. The number of aromatic nitrogens is 2. The molecule has 0 unspecified atom stereocenters. The second-order valence-electron chi connectivity index (χ2n) is 4.78. The number of carbonyl (C=O) groups excluding carboxylic acids is 1. The normalized spacial score (nSPS) is 10.6. The predicted molar refractivity (Wildman–Crippen MR) is 85.2 cm³/mol. The maximum absolute atomic E-state index is 11.9. The summed E-state index contributed by atoms with van der Waals surface area (Å²) in [5, 5.41) is 3.19. The van der Waals surface area contributed by atoms with Crippen LogP contribution in [0.5, 0.6) is 0 Å². The van der Waals surface area contributed by atoms with Crippen molar-refractivity contribution >= 4 is 29.0 Å². The third kappa shape index (κ3) is 3.04. The summed E-state index contributed by atoms with van der Waals surface area (Å²) in [5.74, 6) is 0. The molecule has 0 aliphatic heterocycles. The van der Waals surface area contributed by atoms with Crippen molar-refractivity contribution in [2.24, 2.45) is 0 Å². The lowest BCUT2D eigenvalue weighted by Crippen LogP contribution is -2.14. The Balaban J connectivity index is 1.69. The molecule has 0 atom stereocenters. The van der Waals surface area contributed by atoms with Crippen LogP contribution in [0.15, 0.2) is 48.7 Å². The first-order chi connectivity index (χ1) is 10.6. The molecule has 0 aliphatic rings. The molecule has 1 amide bonds. The summed E-state index contributed by atoms with van der Waals surface area (Å²) in [6.45, 7) is 2.03. The number of imidazole rings is 1. The van der Waals surface area contributed by atoms with E-state index in [0.717, 1.165) is 17.0 Å². The summed E-state index contributed by atoms with van der Waals surface area (Å²) in [6, 6.07) is 12.6. The Morgan fingerprint density at radius 1 is 1.32 bits per heavy atom. The van der Waals surface area contributed by atoms with Crippen LogP contribution in [-0.2, 0) is 11.3 Å². The number of amides is 1. The molecule has 2 aromatic heterocycles. The SMILES string of the molecule is Cc1nc2ccccn2c1COC(=O)Nc1cccc(Cl)c1. The minimum atomic E-state index is -0.535. The van der Waals surface area contributed by atoms with Gasteiger partial charge in [-0.2, -0.15) is 0 Å². The molecule has 1 N–H and O–H groups in total. The Morgan fingerprint density at radius 2 is 2.18 bits per heavy atom. The van der Waals surface area contributed by atoms with Gasteiger partial charge in [0.25, 0.3) is 0 Å². The number of nitrogens with one attached hydrogen (secondary N) is 1. The Hall–Kier alpha value is -2.53. The molecule has 0 bridgehead atoms. The van der Waals surface area contributed by atoms with E-state index in [9.17, 15) is 4.79 Å². The van der Waals surface area contributed by atoms with Gasteiger partial charge in [0.2, 0.25) is 0 Å². The van der Waals surface area contributed by atoms with Gasteiger partial charge in [0.15, 0.2) is 0 Å². The number of aryl methyl sites for hydroxylation is 1. The lowest BCUT2D eigenvalue weighted by Gasteiger charge is -2.08. The van der Waals surface area contributed by atoms with Crippen LogP contribution < -0.4 is 5.32 Å². The molecule has 2 heterocycles. The van der Waals surface area contributed by atoms with Gasteiger partial charge in [-0.15, -0.1) is 0 Å². The highest BCUT2D eigenvalue weighted by molar-refractivity contribution is 6.30. The van der Waals surface area contributed by atoms with E-state index in [2.05, 4.69) is 10.3 Å². The zero-order valence-electron chi connectivity index (χ0n) is 11.9. The quantitative estimate of drug-likeness (QED) is 0.793. The number of anilines is 1. The number of benzene rings is 1. The average Bonchev–Trinajstić information content (AvgIpc) is 2.80. The number of carbonyl (C=O) groups is 1. The smallest absolute Gasteiger partial charge is 0.412 e. The Labute approximate surface area is 132 Å². The highest BCUT2D eigenvalue weighted by atomic mass is 35.5. The van der Waals surface area contributed by atoms with Crippen molar-refractivity contribution in [3.8, 4) is 0 Å². The summed E-state index contributed by atoms with van der Waals surface area (Å²) in [6.07, 6.45) is 1.36. The Bertz CT molecular complexity index is 829. The van der Waals surface area contributed by atoms with Crippen LogP contribution in [0, 0.1) is 6.92 Å². The monoisotopic (exact) mass is 315 g/mol. The van der Waals surface area contributed by atoms with Crippen LogP contribution in [0.3, 0.4) is 0 Å². The van der Waals surface area contributed by atoms with E-state index in [-0.39, 0.29) is 6.61 Å². The predicted octanol–water partition coefficient (Wildman–Crippen LogP) is 4.04. The van der Waals surface area contributed by atoms with E-state index in [0.29, 0.717) is 10.7 Å². The van der Waals surface area contributed by atoms with Gasteiger partial charge >= 0.3 is 6.09 Å². The first-order valence-corrected chi connectivity index (χ1v) is 7.13. The van der Waals surface area contributed by atoms with Crippen LogP contribution in [-0.4, -0.2) is 15.5 Å². The lowest BCUT2D eigenvalue weighted by atomic mass is 10.3. The third-order valence-corrected chi connectivity index (χ3v) is 3.48. The number of fused-ring (bicyclic) bond motifs is 1. The van der Waals surface area contributed by atoms with Gasteiger partial charge in [-0.3, -0.25) is 5.32 Å². The van der Waals surface area contributed by atoms with Crippen molar-refractivity contribution < 1.29 is 9.53 Å². The highest BCUT2D eigenvalue weighted by Crippen LogP contribution is 2.16. The second-order valence-corrected chi connectivity index (χ2v) is 5.22. The van der Waals surface area contributed by atoms with Crippen molar-refractivity contribution in [2.75, 3.05) is 5.32 Å². The molecular weight excluding hydrogens is 302 g/mol. The minimum Gasteiger partial charge on any atom is -0.443 e. The molecule has 22 heavy (non-hydrogen) atoms. The number of pyridine rings is 1. The molecule has 3 aromatic rings. The van der Waals surface area contributed by atoms with Crippen LogP contribution >= 0.6 is 11.6 Å². The lowest BCUT2D eigenvalue weighted by molar-refractivity contribution is 0.153. The van der Waals surface area contributed by atoms with E-state index >= 15 is 0 Å². The van der Waals surface area contributed by atoms with Gasteiger partial charge in [-0.25, -0.2) is 9.78 Å². The largest absolute Gasteiger partial charge is 0.443 e. The molecule has 0 radical (unpaired) electrons. The van der Waals surface area contributed by atoms with Gasteiger partial charge in [0.1, 0.15) is 12.3 Å². The van der Waals surface area contributed by atoms with Gasteiger partial charge in [0.05, 0.1) is 11.4 Å². The fourth-order valence-corrected chi connectivity index (χ4v) is 2.38. The number of rotatable bonds is 3. The molecular formula is C16H14ClN3O2. The highest BCUT2D eigenvalue weighted by Gasteiger charge is 2.11. The van der Waals surface area contributed by atoms with Crippen LogP contribution in [0.1, 0.15) is 11.4 Å². The van der Waals surface area contributed by atoms with Crippen LogP contribution in [0.25, 0.3) is 5.65 Å². The minimum absolute atomic E-state index is 0.142. The first kappa shape index (κ1) is 14.4. The molecule has 0 fully saturated rings. The summed E-state index contributed by atoms with van der Waals surface area (Å²) in [7, 11) is 0. The molecule has 0 spiro atoms. The number of nitrogens with zero attached hydrogens (tertiary/aromatic N) is 2. The molecule has 112 valence electrons. The molecule has 1 aromatic carbocycles. The van der Waals surface area contributed by atoms with E-state index in [1.54, 1.807) is 24.3 Å². The molecule has 5 nitrogen and oxygen atoms in total. The third-order valence-electron chi connectivity index (χ3n) is 3.24. The molecule has 0 aliphatic carbocycles. The molecule has 6 heteroatoms. The van der Waals surface area contributed by atoms with Crippen LogP contribution in [0.4, 0.5) is 10.5 Å². The molecule has 0 saturated heterocycles. The van der Waals surface area contributed by atoms with Crippen LogP contribution in [0.2, 0.25) is 5.02 Å². The van der Waals surface area contributed by atoms with E-state index in [4.69, 9.17) is 16.3 Å². The van der Waals surface area contributed by atoms with Gasteiger partial charge in [-0.05, 0) is 37.3 Å². The summed E-state index contributed by atoms with van der Waals surface area (Å²) in [5.41, 5.74) is 3.10. The fraction of sp³-hybridized carbons (Fsp3) is 0.125. The van der Waals surface area contributed by atoms with E-state index in [1.807, 2.05) is 35.7 Å². The fourth-order valence-electron chi connectivity index (χ4n) is 2.19. The van der Waals surface area contributed by atoms with Crippen molar-refractivity contribution in [3.63, 3.8) is 0 Å². The summed E-state index contributed by atoms with van der Waals surface area (Å²) in [4.78, 5) is 16.3. The topological polar surface area (TPSA) is 55.6 Å². The number of hydrogen-bond acceptors (Lipinski definition) is 3. The first-order valence-electron chi connectivity index (χ1n) is 6.75. The van der Waals surface area contributed by atoms with E-state index < -0.39 is 6.09 Å². The summed E-state index contributed by atoms with van der Waals surface area (Å²) >= 11 is 5.87. The molecule has 3 rings (SSSR count). The zero-order chi connectivity index (χ0) is 15.5. The standard InChI is InChI=1S/C16H14ClN3O2/c1-11-14(20-8-3-2-7-15(20)18-11)10-22-16(21)19-13-6-4-5-12(17)9-13/h2-9H,10H2,1H3,(H,19,21). The maximum Gasteiger partial charge on any atom is 0.412 e. The van der Waals surface area contributed by atoms with Gasteiger partial charge < -0.3 is 9.14 Å². The number of hydrogen-bond donors (Lipinski definition) is 1.